The van der Waals surface area contributed by atoms with Crippen molar-refractivity contribution in [3.8, 4) is 0 Å². The average Bonchev–Trinajstić information content (AvgIpc) is 4.07. The first-order valence-corrected chi connectivity index (χ1v) is 30.1. The predicted molar refractivity (Wildman–Crippen MR) is 329 cm³/mol. The Kier molecular flexibility index (Phi) is 32.3. The fraction of sp³-hybridized carbons (Fsp3) is 0.683. The zero-order valence-corrected chi connectivity index (χ0v) is 48.2. The number of hydrogen-bond acceptors (Lipinski definition) is 10. The summed E-state index contributed by atoms with van der Waals surface area (Å²) in [6.07, 6.45) is 20.8. The lowest BCUT2D eigenvalue weighted by Gasteiger charge is -2.09. The molecular weight excluding hydrogens is 925 g/mol. The second kappa shape index (κ2) is 37.9. The maximum Gasteiger partial charge on any atom is 0.0694 e. The Hall–Kier alpha value is -3.72. The zero-order valence-electron chi connectivity index (χ0n) is 48.2. The van der Waals surface area contributed by atoms with Gasteiger partial charge >= 0.3 is 0 Å². The number of fused-ring (bicyclic) bond motifs is 8. The molecule has 422 valence electrons. The van der Waals surface area contributed by atoms with Crippen LogP contribution in [0.2, 0.25) is 0 Å². The lowest BCUT2D eigenvalue weighted by molar-refractivity contribution is 0.542. The van der Waals surface area contributed by atoms with Gasteiger partial charge in [-0.3, -0.25) is 0 Å². The first-order chi connectivity index (χ1) is 36.3. The molecule has 75 heavy (non-hydrogen) atoms. The van der Waals surface area contributed by atoms with Gasteiger partial charge in [-0.25, -0.2) is 9.97 Å². The Balaban J connectivity index is 0.0000122. The van der Waals surface area contributed by atoms with Gasteiger partial charge in [0.25, 0.3) is 0 Å². The van der Waals surface area contributed by atoms with Gasteiger partial charge < -0.3 is 52.5 Å². The highest BCUT2D eigenvalue weighted by atomic mass is 14.9. The van der Waals surface area contributed by atoms with Gasteiger partial charge in [0.2, 0.25) is 0 Å². The summed E-state index contributed by atoms with van der Waals surface area (Å²) in [5.74, 6) is 0. The van der Waals surface area contributed by atoms with Crippen molar-refractivity contribution < 1.29 is 0 Å². The van der Waals surface area contributed by atoms with Gasteiger partial charge in [0, 0.05) is 22.1 Å². The Morgan fingerprint density at radius 2 is 0.613 bits per heavy atom. The van der Waals surface area contributed by atoms with Crippen LogP contribution in [0.1, 0.15) is 197 Å². The van der Waals surface area contributed by atoms with Crippen molar-refractivity contribution in [2.45, 2.75) is 178 Å². The third-order valence-electron chi connectivity index (χ3n) is 15.3. The summed E-state index contributed by atoms with van der Waals surface area (Å²) in [7, 11) is 0. The van der Waals surface area contributed by atoms with Gasteiger partial charge in [0.05, 0.1) is 22.8 Å². The summed E-state index contributed by atoms with van der Waals surface area (Å²) in [6, 6.07) is 9.27. The number of allylic oxidation sites excluding steroid dienone is 4. The highest BCUT2D eigenvalue weighted by Crippen LogP contribution is 2.38. The van der Waals surface area contributed by atoms with E-state index in [9.17, 15) is 0 Å². The molecule has 12 nitrogen and oxygen atoms in total. The molecule has 5 rings (SSSR count). The molecule has 0 aromatic carbocycles. The monoisotopic (exact) mass is 1030 g/mol. The van der Waals surface area contributed by atoms with Crippen molar-refractivity contribution in [3.63, 3.8) is 0 Å². The standard InChI is InChI=1S/C62H106N12.CH4/c1-9-51-47(5)55-43-56-49(7)53(27-25-41-69-39-23-21-37-67-35-19-17-33-65-31-15-13-29-63-11-3)61(73-56)46-62-54(50(8)58(74-62)45-60-52(10-2)48(6)57(72-60)44-59(51)71-55)28-26-42-70-40-24-22-38-68-36-20-18-34-66-32-16-14-30-64-12-4;/h43-46,63-72H,9-42H2,1-8H3;1H4. The van der Waals surface area contributed by atoms with Crippen LogP contribution in [0.3, 0.4) is 0 Å². The largest absolute Gasteiger partial charge is 0.355 e. The fourth-order valence-electron chi connectivity index (χ4n) is 10.6. The maximum atomic E-state index is 5.47. The van der Waals surface area contributed by atoms with Crippen molar-refractivity contribution in [1.29, 1.82) is 0 Å². The number of unbranched alkanes of at least 4 members (excludes halogenated alkanes) is 6. The van der Waals surface area contributed by atoms with Gasteiger partial charge in [0.1, 0.15) is 0 Å². The van der Waals surface area contributed by atoms with Crippen LogP contribution in [0, 0.1) is 13.8 Å². The number of hydrogen-bond donors (Lipinski definition) is 10. The van der Waals surface area contributed by atoms with Crippen LogP contribution < -0.4 is 42.5 Å². The summed E-state index contributed by atoms with van der Waals surface area (Å²) >= 11 is 0. The third-order valence-corrected chi connectivity index (χ3v) is 15.3. The second-order valence-corrected chi connectivity index (χ2v) is 21.0. The highest BCUT2D eigenvalue weighted by Gasteiger charge is 2.22. The number of rotatable bonds is 42. The predicted octanol–water partition coefficient (Wildman–Crippen LogP) is 11.6. The molecule has 0 spiro atoms. The third kappa shape index (κ3) is 21.9. The summed E-state index contributed by atoms with van der Waals surface area (Å²) in [5, 5.41) is 28.9. The fourth-order valence-corrected chi connectivity index (χ4v) is 10.6. The lowest BCUT2D eigenvalue weighted by atomic mass is 9.98. The Morgan fingerprint density at radius 1 is 0.333 bits per heavy atom. The number of nitrogens with zero attached hydrogens (tertiary/aromatic N) is 2. The number of nitrogens with one attached hydrogen (secondary N) is 10. The van der Waals surface area contributed by atoms with Crippen LogP contribution >= 0.6 is 0 Å². The van der Waals surface area contributed by atoms with E-state index in [1.54, 1.807) is 0 Å². The molecule has 5 heterocycles. The molecular formula is C63H110N12. The minimum absolute atomic E-state index is 0. The first kappa shape index (κ1) is 63.8. The molecule has 3 aromatic heterocycles. The van der Waals surface area contributed by atoms with Crippen LogP contribution in [-0.4, -0.2) is 125 Å². The van der Waals surface area contributed by atoms with Gasteiger partial charge in [-0.2, -0.15) is 0 Å². The normalized spacial score (nSPS) is 12.7. The first-order valence-electron chi connectivity index (χ1n) is 30.1. The van der Waals surface area contributed by atoms with Crippen LogP contribution in [-0.2, 0) is 12.8 Å². The molecule has 0 radical (unpaired) electrons. The summed E-state index contributed by atoms with van der Waals surface area (Å²) < 4.78 is 0. The molecule has 2 aliphatic rings. The van der Waals surface area contributed by atoms with E-state index in [1.165, 1.54) is 138 Å². The van der Waals surface area contributed by atoms with E-state index in [0.29, 0.717) is 0 Å². The topological polar surface area (TPSA) is 154 Å². The van der Waals surface area contributed by atoms with E-state index in [2.05, 4.69) is 132 Å². The molecule has 10 N–H and O–H groups in total. The average molecular weight is 1040 g/mol. The van der Waals surface area contributed by atoms with E-state index in [0.717, 1.165) is 172 Å². The molecule has 8 bridgehead atoms. The molecule has 0 saturated carbocycles. The maximum absolute atomic E-state index is 5.47. The van der Waals surface area contributed by atoms with Crippen molar-refractivity contribution >= 4 is 44.4 Å². The molecule has 0 unspecified atom stereocenters. The molecule has 12 heteroatoms. The minimum Gasteiger partial charge on any atom is -0.355 e. The van der Waals surface area contributed by atoms with Crippen molar-refractivity contribution in [2.75, 3.05) is 105 Å². The molecule has 2 aliphatic heterocycles. The van der Waals surface area contributed by atoms with E-state index in [1.807, 2.05) is 0 Å². The van der Waals surface area contributed by atoms with Gasteiger partial charge in [-0.05, 0) is 317 Å². The van der Waals surface area contributed by atoms with Crippen LogP contribution in [0.4, 0.5) is 0 Å². The van der Waals surface area contributed by atoms with Crippen LogP contribution in [0.25, 0.3) is 44.4 Å². The van der Waals surface area contributed by atoms with Crippen LogP contribution in [0.15, 0.2) is 24.3 Å². The molecule has 0 atom stereocenters. The van der Waals surface area contributed by atoms with Gasteiger partial charge in [-0.1, -0.05) is 35.1 Å². The van der Waals surface area contributed by atoms with E-state index in [4.69, 9.17) is 9.97 Å². The molecule has 3 aromatic rings. The number of aromatic amines is 2. The van der Waals surface area contributed by atoms with Gasteiger partial charge in [0.15, 0.2) is 0 Å². The minimum atomic E-state index is 0. The quantitative estimate of drug-likeness (QED) is 0.0248. The van der Waals surface area contributed by atoms with E-state index in [-0.39, 0.29) is 7.43 Å². The summed E-state index contributed by atoms with van der Waals surface area (Å²) in [4.78, 5) is 18.6. The molecule has 0 fully saturated rings. The Morgan fingerprint density at radius 3 is 0.933 bits per heavy atom. The van der Waals surface area contributed by atoms with E-state index < -0.39 is 0 Å². The van der Waals surface area contributed by atoms with E-state index >= 15 is 0 Å². The van der Waals surface area contributed by atoms with Crippen molar-refractivity contribution in [1.82, 2.24) is 62.5 Å². The highest BCUT2D eigenvalue weighted by molar-refractivity contribution is 5.95. The number of aryl methyl sites for hydroxylation is 4. The molecule has 0 aliphatic carbocycles. The van der Waals surface area contributed by atoms with Gasteiger partial charge in [-0.15, -0.1) is 0 Å². The van der Waals surface area contributed by atoms with Crippen molar-refractivity contribution in [3.05, 3.63) is 69.3 Å². The number of aromatic nitrogens is 4. The molecule has 0 amide bonds. The smallest absolute Gasteiger partial charge is 0.0694 e. The zero-order chi connectivity index (χ0) is 52.6. The second-order valence-electron chi connectivity index (χ2n) is 21.0. The van der Waals surface area contributed by atoms with Crippen LogP contribution in [0.5, 0.6) is 0 Å². The SMILES string of the molecule is C.CCNCCCCNCCCCNCCCCNCCCC1=C(C)c2cc3[nH]c(cc4[nH]c(cc5nc(cc1n2)C(CCCNCCCCNCCCCNCCCCNCC)=C5C)c(CC)c4C)c(CC)c3C. The Bertz CT molecular complexity index is 2290. The number of H-pyrrole nitrogens is 2. The Labute approximate surface area is 457 Å². The summed E-state index contributed by atoms with van der Waals surface area (Å²) in [6.45, 7) is 35.5. The molecule has 0 saturated heterocycles. The summed E-state index contributed by atoms with van der Waals surface area (Å²) in [5.41, 5.74) is 19.5. The lowest BCUT2D eigenvalue weighted by Crippen LogP contribution is -2.22. The van der Waals surface area contributed by atoms with Crippen molar-refractivity contribution in [2.24, 2.45) is 0 Å².